The molecule has 0 atom stereocenters. The highest BCUT2D eigenvalue weighted by Crippen LogP contribution is 2.38. The second-order valence-electron chi connectivity index (χ2n) is 3.65. The number of rotatable bonds is 2. The van der Waals surface area contributed by atoms with E-state index < -0.39 is 0 Å². The highest BCUT2D eigenvalue weighted by Gasteiger charge is 2.19. The summed E-state index contributed by atoms with van der Waals surface area (Å²) in [4.78, 5) is 0. The van der Waals surface area contributed by atoms with E-state index in [9.17, 15) is 0 Å². The highest BCUT2D eigenvalue weighted by atomic mass is 16.5. The molecule has 0 spiro atoms. The number of hydrogen-bond acceptors (Lipinski definition) is 1. The minimum Gasteiger partial charge on any atom is -0.496 e. The van der Waals surface area contributed by atoms with Gasteiger partial charge in [0.2, 0.25) is 0 Å². The van der Waals surface area contributed by atoms with Crippen LogP contribution in [0.5, 0.6) is 5.75 Å². The third-order valence-electron chi connectivity index (χ3n) is 2.87. The van der Waals surface area contributed by atoms with Crippen LogP contribution in [0.3, 0.4) is 0 Å². The molecule has 1 heteroatoms. The lowest BCUT2D eigenvalue weighted by Crippen LogP contribution is -1.96. The van der Waals surface area contributed by atoms with Gasteiger partial charge in [-0.3, -0.25) is 0 Å². The molecule has 2 rings (SSSR count). The topological polar surface area (TPSA) is 9.23 Å². The first-order chi connectivity index (χ1) is 6.42. The summed E-state index contributed by atoms with van der Waals surface area (Å²) in [5.74, 6) is 1.75. The Morgan fingerprint density at radius 1 is 1.38 bits per heavy atom. The van der Waals surface area contributed by atoms with Gasteiger partial charge in [0.25, 0.3) is 0 Å². The van der Waals surface area contributed by atoms with Crippen molar-refractivity contribution in [3.63, 3.8) is 0 Å². The molecule has 1 nitrogen and oxygen atoms in total. The Balaban J connectivity index is 2.26. The fourth-order valence-corrected chi connectivity index (χ4v) is 2.17. The van der Waals surface area contributed by atoms with Gasteiger partial charge in [-0.2, -0.15) is 0 Å². The molecule has 0 aliphatic heterocycles. The molecule has 1 radical (unpaired) electrons. The van der Waals surface area contributed by atoms with Crippen molar-refractivity contribution in [3.05, 3.63) is 29.8 Å². The number of ether oxygens (including phenoxy) is 1. The Kier molecular flexibility index (Phi) is 2.53. The first kappa shape index (κ1) is 8.61. The largest absolute Gasteiger partial charge is 0.496 e. The van der Waals surface area contributed by atoms with Crippen molar-refractivity contribution in [3.8, 4) is 5.75 Å². The molecule has 1 aromatic rings. The molecule has 1 aliphatic rings. The third-order valence-corrected chi connectivity index (χ3v) is 2.87. The number of benzene rings is 1. The van der Waals surface area contributed by atoms with Crippen molar-refractivity contribution in [2.75, 3.05) is 7.11 Å². The molecule has 0 aromatic heterocycles. The monoisotopic (exact) mass is 175 g/mol. The summed E-state index contributed by atoms with van der Waals surface area (Å²) in [5, 5.41) is 0. The zero-order valence-electron chi connectivity index (χ0n) is 8.05. The zero-order chi connectivity index (χ0) is 9.10. The first-order valence-electron chi connectivity index (χ1n) is 4.96. The summed E-state index contributed by atoms with van der Waals surface area (Å²) in [5.41, 5.74) is 1.35. The maximum Gasteiger partial charge on any atom is 0.122 e. The Hall–Kier alpha value is -0.980. The molecule has 13 heavy (non-hydrogen) atoms. The summed E-state index contributed by atoms with van der Waals surface area (Å²) in [6, 6.07) is 9.13. The van der Waals surface area contributed by atoms with E-state index in [-0.39, 0.29) is 0 Å². The third kappa shape index (κ3) is 1.69. The smallest absolute Gasteiger partial charge is 0.122 e. The van der Waals surface area contributed by atoms with Crippen molar-refractivity contribution in [2.24, 2.45) is 0 Å². The van der Waals surface area contributed by atoms with Crippen molar-refractivity contribution in [1.29, 1.82) is 0 Å². The average Bonchev–Trinajstić information content (AvgIpc) is 2.70. The maximum absolute atomic E-state index is 5.34. The van der Waals surface area contributed by atoms with Crippen LogP contribution in [0.2, 0.25) is 0 Å². The van der Waals surface area contributed by atoms with Crippen LogP contribution in [0.25, 0.3) is 0 Å². The van der Waals surface area contributed by atoms with Gasteiger partial charge in [0, 0.05) is 0 Å². The molecule has 0 bridgehead atoms. The number of methoxy groups -OCH3 is 1. The molecule has 1 fully saturated rings. The van der Waals surface area contributed by atoms with E-state index in [1.807, 2.05) is 12.1 Å². The molecule has 0 amide bonds. The SMILES string of the molecule is COc1cc[c]cc1C1CCCC1. The van der Waals surface area contributed by atoms with E-state index in [4.69, 9.17) is 4.74 Å². The van der Waals surface area contributed by atoms with E-state index in [1.54, 1.807) is 7.11 Å². The van der Waals surface area contributed by atoms with E-state index in [1.165, 1.54) is 31.2 Å². The number of hydrogen-bond donors (Lipinski definition) is 0. The summed E-state index contributed by atoms with van der Waals surface area (Å²) < 4.78 is 5.34. The van der Waals surface area contributed by atoms with Crippen molar-refractivity contribution in [1.82, 2.24) is 0 Å². The lowest BCUT2D eigenvalue weighted by atomic mass is 9.97. The van der Waals surface area contributed by atoms with Crippen LogP contribution in [0, 0.1) is 6.07 Å². The van der Waals surface area contributed by atoms with Crippen LogP contribution in [-0.2, 0) is 0 Å². The maximum atomic E-state index is 5.34. The van der Waals surface area contributed by atoms with E-state index >= 15 is 0 Å². The van der Waals surface area contributed by atoms with Crippen LogP contribution in [-0.4, -0.2) is 7.11 Å². The van der Waals surface area contributed by atoms with Gasteiger partial charge < -0.3 is 4.74 Å². The predicted molar refractivity (Wildman–Crippen MR) is 53.0 cm³/mol. The summed E-state index contributed by atoms with van der Waals surface area (Å²) in [7, 11) is 1.74. The van der Waals surface area contributed by atoms with E-state index in [0.717, 1.165) is 5.75 Å². The van der Waals surface area contributed by atoms with Gasteiger partial charge in [0.15, 0.2) is 0 Å². The van der Waals surface area contributed by atoms with Gasteiger partial charge in [0.05, 0.1) is 7.11 Å². The molecule has 0 heterocycles. The van der Waals surface area contributed by atoms with Gasteiger partial charge in [-0.1, -0.05) is 18.9 Å². The van der Waals surface area contributed by atoms with Gasteiger partial charge in [-0.15, -0.1) is 0 Å². The molecular formula is C12H15O. The van der Waals surface area contributed by atoms with E-state index in [0.29, 0.717) is 5.92 Å². The quantitative estimate of drug-likeness (QED) is 0.671. The molecule has 0 saturated heterocycles. The summed E-state index contributed by atoms with van der Waals surface area (Å²) in [6.45, 7) is 0. The highest BCUT2D eigenvalue weighted by molar-refractivity contribution is 5.36. The van der Waals surface area contributed by atoms with Crippen molar-refractivity contribution >= 4 is 0 Å². The Morgan fingerprint density at radius 2 is 2.15 bits per heavy atom. The fraction of sp³-hybridized carbons (Fsp3) is 0.500. The van der Waals surface area contributed by atoms with Gasteiger partial charge in [-0.25, -0.2) is 0 Å². The van der Waals surface area contributed by atoms with Gasteiger partial charge in [0.1, 0.15) is 5.75 Å². The molecule has 0 unspecified atom stereocenters. The molecule has 0 N–H and O–H groups in total. The normalized spacial score (nSPS) is 17.6. The van der Waals surface area contributed by atoms with Gasteiger partial charge in [-0.05, 0) is 42.5 Å². The van der Waals surface area contributed by atoms with Crippen LogP contribution < -0.4 is 4.74 Å². The molecule has 1 saturated carbocycles. The van der Waals surface area contributed by atoms with Crippen LogP contribution in [0.4, 0.5) is 0 Å². The zero-order valence-corrected chi connectivity index (χ0v) is 8.05. The lowest BCUT2D eigenvalue weighted by molar-refractivity contribution is 0.405. The standard InChI is InChI=1S/C12H15O/c1-13-12-9-5-4-8-11(12)10-6-2-3-7-10/h5,8-10H,2-3,6-7H2,1H3. The first-order valence-corrected chi connectivity index (χ1v) is 4.96. The van der Waals surface area contributed by atoms with Crippen molar-refractivity contribution < 1.29 is 4.74 Å². The second-order valence-corrected chi connectivity index (χ2v) is 3.65. The Morgan fingerprint density at radius 3 is 2.85 bits per heavy atom. The molecule has 1 aromatic carbocycles. The van der Waals surface area contributed by atoms with Crippen LogP contribution >= 0.6 is 0 Å². The summed E-state index contributed by atoms with van der Waals surface area (Å²) in [6.07, 6.45) is 5.36. The Labute approximate surface area is 79.7 Å². The Bertz CT molecular complexity index is 274. The predicted octanol–water partition coefficient (Wildman–Crippen LogP) is 3.15. The van der Waals surface area contributed by atoms with Crippen LogP contribution in [0.1, 0.15) is 37.2 Å². The summed E-state index contributed by atoms with van der Waals surface area (Å²) >= 11 is 0. The lowest BCUT2D eigenvalue weighted by Gasteiger charge is -2.13. The molecule has 1 aliphatic carbocycles. The van der Waals surface area contributed by atoms with Crippen molar-refractivity contribution in [2.45, 2.75) is 31.6 Å². The minimum atomic E-state index is 0.715. The fourth-order valence-electron chi connectivity index (χ4n) is 2.17. The molecular weight excluding hydrogens is 160 g/mol. The van der Waals surface area contributed by atoms with Crippen LogP contribution in [0.15, 0.2) is 18.2 Å². The second kappa shape index (κ2) is 3.82. The van der Waals surface area contributed by atoms with Gasteiger partial charge >= 0.3 is 0 Å². The minimum absolute atomic E-state index is 0.715. The molecule has 69 valence electrons. The van der Waals surface area contributed by atoms with E-state index in [2.05, 4.69) is 12.1 Å². The average molecular weight is 175 g/mol.